The maximum absolute atomic E-state index is 5.61. The molecule has 0 aromatic heterocycles. The van der Waals surface area contributed by atoms with E-state index in [-0.39, 0.29) is 0 Å². The number of anilines is 1. The van der Waals surface area contributed by atoms with Gasteiger partial charge in [-0.3, -0.25) is 0 Å². The normalized spacial score (nSPS) is 13.2. The van der Waals surface area contributed by atoms with Crippen molar-refractivity contribution >= 4 is 5.69 Å². The van der Waals surface area contributed by atoms with Crippen molar-refractivity contribution in [3.05, 3.63) is 29.8 Å². The first-order chi connectivity index (χ1) is 6.09. The largest absolute Gasteiger partial charge is 0.399 e. The smallest absolute Gasteiger partial charge is 0.0314 e. The van der Waals surface area contributed by atoms with Gasteiger partial charge in [-0.2, -0.15) is 0 Å². The first-order valence-electron chi connectivity index (χ1n) is 4.60. The van der Waals surface area contributed by atoms with Gasteiger partial charge < -0.3 is 10.6 Å². The van der Waals surface area contributed by atoms with Crippen LogP contribution in [0.3, 0.4) is 0 Å². The molecule has 1 aromatic carbocycles. The molecule has 2 N–H and O–H groups in total. The van der Waals surface area contributed by atoms with Crippen LogP contribution < -0.4 is 5.73 Å². The molecule has 2 heteroatoms. The van der Waals surface area contributed by atoms with Crippen molar-refractivity contribution in [1.29, 1.82) is 0 Å². The zero-order chi connectivity index (χ0) is 9.84. The van der Waals surface area contributed by atoms with E-state index >= 15 is 0 Å². The summed E-state index contributed by atoms with van der Waals surface area (Å²) in [5.74, 6) is 0. The van der Waals surface area contributed by atoms with Gasteiger partial charge in [0.25, 0.3) is 0 Å². The minimum Gasteiger partial charge on any atom is -0.399 e. The summed E-state index contributed by atoms with van der Waals surface area (Å²) in [6, 6.07) is 8.67. The van der Waals surface area contributed by atoms with Gasteiger partial charge >= 0.3 is 0 Å². The molecule has 72 valence electrons. The summed E-state index contributed by atoms with van der Waals surface area (Å²) in [6.07, 6.45) is 1.08. The van der Waals surface area contributed by atoms with E-state index in [0.717, 1.165) is 12.1 Å². The molecule has 1 atom stereocenters. The van der Waals surface area contributed by atoms with E-state index in [1.54, 1.807) is 0 Å². The number of nitrogen functional groups attached to an aromatic ring is 1. The van der Waals surface area contributed by atoms with Crippen LogP contribution in [-0.2, 0) is 6.42 Å². The molecular weight excluding hydrogens is 160 g/mol. The summed E-state index contributed by atoms with van der Waals surface area (Å²) in [4.78, 5) is 2.22. The molecule has 0 saturated heterocycles. The van der Waals surface area contributed by atoms with Crippen molar-refractivity contribution in [3.8, 4) is 0 Å². The van der Waals surface area contributed by atoms with Crippen LogP contribution >= 0.6 is 0 Å². The third-order valence-electron chi connectivity index (χ3n) is 2.39. The minimum atomic E-state index is 0.573. The highest BCUT2D eigenvalue weighted by Crippen LogP contribution is 2.09. The Morgan fingerprint density at radius 1 is 1.23 bits per heavy atom. The molecule has 1 aromatic rings. The zero-order valence-corrected chi connectivity index (χ0v) is 8.62. The number of nitrogens with two attached hydrogens (primary N) is 1. The van der Waals surface area contributed by atoms with E-state index in [2.05, 4.69) is 38.1 Å². The molecule has 0 unspecified atom stereocenters. The lowest BCUT2D eigenvalue weighted by Crippen LogP contribution is -2.26. The predicted molar refractivity (Wildman–Crippen MR) is 57.7 cm³/mol. The SMILES string of the molecule is C[C@H](Cc1ccc(N)cc1)N(C)C. The van der Waals surface area contributed by atoms with E-state index in [9.17, 15) is 0 Å². The lowest BCUT2D eigenvalue weighted by molar-refractivity contribution is 0.312. The monoisotopic (exact) mass is 178 g/mol. The summed E-state index contributed by atoms with van der Waals surface area (Å²) in [5, 5.41) is 0. The molecule has 0 aliphatic heterocycles. The highest BCUT2D eigenvalue weighted by molar-refractivity contribution is 5.39. The Bertz CT molecular complexity index is 251. The van der Waals surface area contributed by atoms with E-state index in [1.807, 2.05) is 12.1 Å². The van der Waals surface area contributed by atoms with Gasteiger partial charge in [0.05, 0.1) is 0 Å². The standard InChI is InChI=1S/C11H18N2/c1-9(13(2)3)8-10-4-6-11(12)7-5-10/h4-7,9H,8,12H2,1-3H3/t9-/m1/s1. The van der Waals surface area contributed by atoms with Gasteiger partial charge in [-0.1, -0.05) is 12.1 Å². The number of hydrogen-bond donors (Lipinski definition) is 1. The average Bonchev–Trinajstić information content (AvgIpc) is 2.08. The molecule has 0 amide bonds. The molecule has 0 radical (unpaired) electrons. The topological polar surface area (TPSA) is 29.3 Å². The van der Waals surface area contributed by atoms with Gasteiger partial charge in [0.15, 0.2) is 0 Å². The van der Waals surface area contributed by atoms with Crippen molar-refractivity contribution < 1.29 is 0 Å². The zero-order valence-electron chi connectivity index (χ0n) is 8.62. The van der Waals surface area contributed by atoms with Gasteiger partial charge in [0, 0.05) is 11.7 Å². The maximum atomic E-state index is 5.61. The van der Waals surface area contributed by atoms with Crippen LogP contribution in [-0.4, -0.2) is 25.0 Å². The molecule has 0 saturated carbocycles. The Balaban J connectivity index is 2.59. The first-order valence-corrected chi connectivity index (χ1v) is 4.60. The van der Waals surface area contributed by atoms with E-state index < -0.39 is 0 Å². The second-order valence-electron chi connectivity index (χ2n) is 3.76. The van der Waals surface area contributed by atoms with Crippen molar-refractivity contribution in [2.24, 2.45) is 0 Å². The Hall–Kier alpha value is -1.02. The number of benzene rings is 1. The van der Waals surface area contributed by atoms with Crippen LogP contribution in [0.25, 0.3) is 0 Å². The van der Waals surface area contributed by atoms with Crippen molar-refractivity contribution in [1.82, 2.24) is 4.90 Å². The minimum absolute atomic E-state index is 0.573. The Morgan fingerprint density at radius 3 is 2.23 bits per heavy atom. The number of hydrogen-bond acceptors (Lipinski definition) is 2. The number of rotatable bonds is 3. The second-order valence-corrected chi connectivity index (χ2v) is 3.76. The highest BCUT2D eigenvalue weighted by Gasteiger charge is 2.04. The number of nitrogens with zero attached hydrogens (tertiary/aromatic N) is 1. The van der Waals surface area contributed by atoms with Crippen LogP contribution in [0, 0.1) is 0 Å². The molecule has 13 heavy (non-hydrogen) atoms. The van der Waals surface area contributed by atoms with Gasteiger partial charge in [0.2, 0.25) is 0 Å². The molecule has 0 spiro atoms. The van der Waals surface area contributed by atoms with Crippen LogP contribution in [0.4, 0.5) is 5.69 Å². The third kappa shape index (κ3) is 3.07. The lowest BCUT2D eigenvalue weighted by atomic mass is 10.1. The quantitative estimate of drug-likeness (QED) is 0.715. The Morgan fingerprint density at radius 2 is 1.77 bits per heavy atom. The summed E-state index contributed by atoms with van der Waals surface area (Å²) in [7, 11) is 4.20. The van der Waals surface area contributed by atoms with Gasteiger partial charge in [-0.15, -0.1) is 0 Å². The van der Waals surface area contributed by atoms with Crippen molar-refractivity contribution in [3.63, 3.8) is 0 Å². The molecule has 0 bridgehead atoms. The summed E-state index contributed by atoms with van der Waals surface area (Å²) in [5.41, 5.74) is 7.78. The van der Waals surface area contributed by atoms with Crippen molar-refractivity contribution in [2.75, 3.05) is 19.8 Å². The van der Waals surface area contributed by atoms with E-state index in [1.165, 1.54) is 5.56 Å². The molecule has 0 heterocycles. The predicted octanol–water partition coefficient (Wildman–Crippen LogP) is 1.76. The molecule has 1 rings (SSSR count). The third-order valence-corrected chi connectivity index (χ3v) is 2.39. The fourth-order valence-corrected chi connectivity index (χ4v) is 1.18. The maximum Gasteiger partial charge on any atom is 0.0314 e. The summed E-state index contributed by atoms with van der Waals surface area (Å²) >= 11 is 0. The molecule has 0 aliphatic carbocycles. The number of likely N-dealkylation sites (N-methyl/N-ethyl adjacent to an activating group) is 1. The summed E-state index contributed by atoms with van der Waals surface area (Å²) < 4.78 is 0. The Kier molecular flexibility index (Phi) is 3.32. The van der Waals surface area contributed by atoms with Gasteiger partial charge in [0.1, 0.15) is 0 Å². The van der Waals surface area contributed by atoms with Gasteiger partial charge in [-0.25, -0.2) is 0 Å². The fraction of sp³-hybridized carbons (Fsp3) is 0.455. The lowest BCUT2D eigenvalue weighted by Gasteiger charge is -2.19. The second kappa shape index (κ2) is 4.28. The fourth-order valence-electron chi connectivity index (χ4n) is 1.18. The highest BCUT2D eigenvalue weighted by atomic mass is 15.1. The average molecular weight is 178 g/mol. The van der Waals surface area contributed by atoms with E-state index in [0.29, 0.717) is 6.04 Å². The molecular formula is C11H18N2. The van der Waals surface area contributed by atoms with E-state index in [4.69, 9.17) is 5.73 Å². The van der Waals surface area contributed by atoms with Crippen LogP contribution in [0.5, 0.6) is 0 Å². The Labute approximate surface area is 80.4 Å². The molecule has 0 fully saturated rings. The molecule has 0 aliphatic rings. The molecule has 2 nitrogen and oxygen atoms in total. The van der Waals surface area contributed by atoms with Crippen molar-refractivity contribution in [2.45, 2.75) is 19.4 Å². The van der Waals surface area contributed by atoms with Gasteiger partial charge in [-0.05, 0) is 45.1 Å². The van der Waals surface area contributed by atoms with Crippen LogP contribution in [0.2, 0.25) is 0 Å². The summed E-state index contributed by atoms with van der Waals surface area (Å²) in [6.45, 7) is 2.22. The first kappa shape index (κ1) is 10.1. The van der Waals surface area contributed by atoms with Crippen LogP contribution in [0.15, 0.2) is 24.3 Å². The van der Waals surface area contributed by atoms with Crippen LogP contribution in [0.1, 0.15) is 12.5 Å².